The zero-order valence-electron chi connectivity index (χ0n) is 8.72. The van der Waals surface area contributed by atoms with E-state index in [9.17, 15) is 4.79 Å². The zero-order chi connectivity index (χ0) is 9.80. The Bertz CT molecular complexity index is 168. The number of hydrogen-bond acceptors (Lipinski definition) is 3. The molecule has 0 aromatic carbocycles. The predicted octanol–water partition coefficient (Wildman–Crippen LogP) is 0.555. The lowest BCUT2D eigenvalue weighted by atomic mass is 10.2. The van der Waals surface area contributed by atoms with Gasteiger partial charge in [-0.1, -0.05) is 0 Å². The summed E-state index contributed by atoms with van der Waals surface area (Å²) in [6.45, 7) is 4.56. The molecular weight excluding hydrogens is 176 g/mol. The van der Waals surface area contributed by atoms with Crippen LogP contribution in [0.2, 0.25) is 0 Å². The maximum absolute atomic E-state index is 11.0. The summed E-state index contributed by atoms with van der Waals surface area (Å²) in [5.74, 6) is 1.61. The van der Waals surface area contributed by atoms with Crippen LogP contribution in [0.25, 0.3) is 0 Å². The number of ketones is 1. The van der Waals surface area contributed by atoms with Crippen LogP contribution in [-0.4, -0.2) is 32.0 Å². The van der Waals surface area contributed by atoms with Crippen LogP contribution in [0.3, 0.4) is 0 Å². The Kier molecular flexibility index (Phi) is 3.54. The molecule has 0 aromatic rings. The van der Waals surface area contributed by atoms with E-state index < -0.39 is 0 Å². The SMILES string of the molecule is C1CNCCN1.O=C(C1CC1)C1CC1. The molecule has 3 rings (SSSR count). The third kappa shape index (κ3) is 3.39. The van der Waals surface area contributed by atoms with Gasteiger partial charge in [-0.2, -0.15) is 0 Å². The molecule has 0 spiro atoms. The number of rotatable bonds is 2. The molecule has 1 heterocycles. The highest BCUT2D eigenvalue weighted by molar-refractivity contribution is 5.87. The smallest absolute Gasteiger partial charge is 0.139 e. The molecular formula is C11H20N2O. The number of hydrogen-bond donors (Lipinski definition) is 2. The lowest BCUT2D eigenvalue weighted by Crippen LogP contribution is -2.39. The first kappa shape index (κ1) is 10.1. The fraction of sp³-hybridized carbons (Fsp3) is 0.909. The van der Waals surface area contributed by atoms with Crippen LogP contribution in [-0.2, 0) is 4.79 Å². The van der Waals surface area contributed by atoms with Gasteiger partial charge in [-0.3, -0.25) is 4.79 Å². The monoisotopic (exact) mass is 196 g/mol. The van der Waals surface area contributed by atoms with E-state index in [1.807, 2.05) is 0 Å². The van der Waals surface area contributed by atoms with Gasteiger partial charge in [0.25, 0.3) is 0 Å². The molecule has 3 aliphatic rings. The van der Waals surface area contributed by atoms with Gasteiger partial charge in [0.2, 0.25) is 0 Å². The Morgan fingerprint density at radius 1 is 0.786 bits per heavy atom. The Balaban J connectivity index is 0.000000112. The molecule has 0 amide bonds. The van der Waals surface area contributed by atoms with Crippen molar-refractivity contribution in [1.82, 2.24) is 10.6 Å². The molecule has 0 atom stereocenters. The second kappa shape index (κ2) is 4.89. The maximum Gasteiger partial charge on any atom is 0.139 e. The van der Waals surface area contributed by atoms with E-state index in [4.69, 9.17) is 0 Å². The van der Waals surface area contributed by atoms with Crippen molar-refractivity contribution in [3.63, 3.8) is 0 Å². The van der Waals surface area contributed by atoms with Gasteiger partial charge in [-0.25, -0.2) is 0 Å². The average molecular weight is 196 g/mol. The van der Waals surface area contributed by atoms with Gasteiger partial charge in [0.05, 0.1) is 0 Å². The minimum Gasteiger partial charge on any atom is -0.314 e. The molecule has 3 nitrogen and oxygen atoms in total. The van der Waals surface area contributed by atoms with Crippen molar-refractivity contribution in [1.29, 1.82) is 0 Å². The molecule has 3 heteroatoms. The summed E-state index contributed by atoms with van der Waals surface area (Å²) in [6.07, 6.45) is 4.76. The van der Waals surface area contributed by atoms with Crippen molar-refractivity contribution in [2.75, 3.05) is 26.2 Å². The summed E-state index contributed by atoms with van der Waals surface area (Å²) < 4.78 is 0. The molecule has 3 fully saturated rings. The third-order valence-electron chi connectivity index (χ3n) is 2.92. The Labute approximate surface area is 85.6 Å². The first-order chi connectivity index (χ1) is 6.88. The average Bonchev–Trinajstić information content (AvgIpc) is 3.11. The quantitative estimate of drug-likeness (QED) is 0.678. The van der Waals surface area contributed by atoms with E-state index in [0.717, 1.165) is 26.2 Å². The molecule has 1 saturated heterocycles. The molecule has 80 valence electrons. The lowest BCUT2D eigenvalue weighted by Gasteiger charge is -2.11. The first-order valence-corrected chi connectivity index (χ1v) is 5.83. The van der Waals surface area contributed by atoms with Crippen LogP contribution in [0.4, 0.5) is 0 Å². The highest BCUT2D eigenvalue weighted by atomic mass is 16.1. The summed E-state index contributed by atoms with van der Waals surface area (Å²) in [5.41, 5.74) is 0. The highest BCUT2D eigenvalue weighted by Gasteiger charge is 2.39. The highest BCUT2D eigenvalue weighted by Crippen LogP contribution is 2.40. The molecule has 2 N–H and O–H groups in total. The molecule has 1 aliphatic heterocycles. The van der Waals surface area contributed by atoms with Crippen LogP contribution in [0.15, 0.2) is 0 Å². The van der Waals surface area contributed by atoms with Crippen molar-refractivity contribution in [3.8, 4) is 0 Å². The van der Waals surface area contributed by atoms with Crippen molar-refractivity contribution < 1.29 is 4.79 Å². The standard InChI is InChI=1S/C7H10O.C4H10N2/c8-7(5-1-2-5)6-3-4-6;1-2-6-4-3-5-1/h5-6H,1-4H2;5-6H,1-4H2. The van der Waals surface area contributed by atoms with Gasteiger partial charge in [0.1, 0.15) is 5.78 Å². The Morgan fingerprint density at radius 3 is 1.36 bits per heavy atom. The second-order valence-corrected chi connectivity index (χ2v) is 4.45. The largest absolute Gasteiger partial charge is 0.314 e. The molecule has 0 bridgehead atoms. The minimum absolute atomic E-state index is 0.516. The number of nitrogens with one attached hydrogen (secondary N) is 2. The van der Waals surface area contributed by atoms with Crippen LogP contribution < -0.4 is 10.6 Å². The van der Waals surface area contributed by atoms with Crippen molar-refractivity contribution in [2.45, 2.75) is 25.7 Å². The zero-order valence-corrected chi connectivity index (χ0v) is 8.72. The second-order valence-electron chi connectivity index (χ2n) is 4.45. The van der Waals surface area contributed by atoms with Gasteiger partial charge in [-0.15, -0.1) is 0 Å². The van der Waals surface area contributed by atoms with Gasteiger partial charge >= 0.3 is 0 Å². The number of Topliss-reactive ketones (excluding diaryl/α,β-unsaturated/α-hetero) is 1. The van der Waals surface area contributed by atoms with Gasteiger partial charge in [-0.05, 0) is 25.7 Å². The molecule has 0 aromatic heterocycles. The van der Waals surface area contributed by atoms with E-state index in [-0.39, 0.29) is 0 Å². The van der Waals surface area contributed by atoms with E-state index in [2.05, 4.69) is 10.6 Å². The summed E-state index contributed by atoms with van der Waals surface area (Å²) in [4.78, 5) is 11.0. The van der Waals surface area contributed by atoms with E-state index in [1.54, 1.807) is 0 Å². The molecule has 2 aliphatic carbocycles. The van der Waals surface area contributed by atoms with Crippen LogP contribution >= 0.6 is 0 Å². The van der Waals surface area contributed by atoms with Gasteiger partial charge < -0.3 is 10.6 Å². The van der Waals surface area contributed by atoms with E-state index in [0.29, 0.717) is 17.6 Å². The minimum atomic E-state index is 0.516. The number of carbonyl (C=O) groups excluding carboxylic acids is 1. The predicted molar refractivity (Wildman–Crippen MR) is 56.2 cm³/mol. The Hall–Kier alpha value is -0.410. The molecule has 0 radical (unpaired) electrons. The van der Waals surface area contributed by atoms with Crippen molar-refractivity contribution in [2.24, 2.45) is 11.8 Å². The summed E-state index contributed by atoms with van der Waals surface area (Å²) in [6, 6.07) is 0. The van der Waals surface area contributed by atoms with Crippen molar-refractivity contribution >= 4 is 5.78 Å². The fourth-order valence-electron chi connectivity index (χ4n) is 1.67. The van der Waals surface area contributed by atoms with Crippen LogP contribution in [0, 0.1) is 11.8 Å². The summed E-state index contributed by atoms with van der Waals surface area (Å²) in [5, 5.41) is 6.44. The summed E-state index contributed by atoms with van der Waals surface area (Å²) in [7, 11) is 0. The van der Waals surface area contributed by atoms with Crippen LogP contribution in [0.1, 0.15) is 25.7 Å². The molecule has 2 saturated carbocycles. The topological polar surface area (TPSA) is 41.1 Å². The first-order valence-electron chi connectivity index (χ1n) is 5.83. The van der Waals surface area contributed by atoms with Crippen LogP contribution in [0.5, 0.6) is 0 Å². The fourth-order valence-corrected chi connectivity index (χ4v) is 1.67. The maximum atomic E-state index is 11.0. The third-order valence-corrected chi connectivity index (χ3v) is 2.92. The molecule has 0 unspecified atom stereocenters. The van der Waals surface area contributed by atoms with Gasteiger partial charge in [0.15, 0.2) is 0 Å². The van der Waals surface area contributed by atoms with Crippen molar-refractivity contribution in [3.05, 3.63) is 0 Å². The molecule has 14 heavy (non-hydrogen) atoms. The number of piperazine rings is 1. The summed E-state index contributed by atoms with van der Waals surface area (Å²) >= 11 is 0. The normalized spacial score (nSPS) is 26.3. The number of carbonyl (C=O) groups is 1. The van der Waals surface area contributed by atoms with Gasteiger partial charge in [0, 0.05) is 38.0 Å². The lowest BCUT2D eigenvalue weighted by molar-refractivity contribution is -0.121. The van der Waals surface area contributed by atoms with E-state index >= 15 is 0 Å². The van der Waals surface area contributed by atoms with E-state index in [1.165, 1.54) is 25.7 Å². The Morgan fingerprint density at radius 2 is 1.14 bits per heavy atom.